The zero-order valence-electron chi connectivity index (χ0n) is 24.2. The van der Waals surface area contributed by atoms with E-state index in [0.717, 1.165) is 55.9 Å². The van der Waals surface area contributed by atoms with Gasteiger partial charge in [0.25, 0.3) is 0 Å². The number of aliphatic imine (C=N–C) groups is 1. The van der Waals surface area contributed by atoms with Crippen molar-refractivity contribution in [3.63, 3.8) is 0 Å². The average molecular weight is 554 g/mol. The number of esters is 1. The number of benzene rings is 2. The van der Waals surface area contributed by atoms with Gasteiger partial charge in [0.2, 0.25) is 0 Å². The number of carbonyl (C=O) groups excluding carboxylic acids is 1. The minimum atomic E-state index is -4.42. The highest BCUT2D eigenvalue weighted by molar-refractivity contribution is 6.40. The van der Waals surface area contributed by atoms with Gasteiger partial charge in [-0.2, -0.15) is 13.2 Å². The number of nitrogens with zero attached hydrogens (tertiary/aromatic N) is 2. The quantitative estimate of drug-likeness (QED) is 0.258. The largest absolute Gasteiger partial charge is 0.471 e. The Morgan fingerprint density at radius 1 is 1.05 bits per heavy atom. The van der Waals surface area contributed by atoms with Crippen LogP contribution in [0.15, 0.2) is 41.4 Å². The monoisotopic (exact) mass is 554 g/mol. The van der Waals surface area contributed by atoms with E-state index in [0.29, 0.717) is 18.7 Å². The van der Waals surface area contributed by atoms with Crippen LogP contribution >= 0.6 is 0 Å². The molecular weight excluding hydrogens is 515 g/mol. The summed E-state index contributed by atoms with van der Waals surface area (Å²) in [5.74, 6) is -0.119. The van der Waals surface area contributed by atoms with E-state index >= 15 is 0 Å². The van der Waals surface area contributed by atoms with Crippen LogP contribution in [0.1, 0.15) is 79.7 Å². The van der Waals surface area contributed by atoms with E-state index in [9.17, 15) is 18.0 Å². The SMILES string of the molecule is BC(B)(c1ccc(/C(C)=N/COc2ccc(C3CCCCC3)c(C(F)(F)F)c2)cc1CC)N1CC(C(=O)OC)C1. The maximum absolute atomic E-state index is 13.9. The van der Waals surface area contributed by atoms with E-state index in [1.165, 1.54) is 18.2 Å². The van der Waals surface area contributed by atoms with Gasteiger partial charge in [-0.3, -0.25) is 9.79 Å². The summed E-state index contributed by atoms with van der Waals surface area (Å²) in [7, 11) is 5.75. The molecule has 214 valence electrons. The Kier molecular flexibility index (Phi) is 9.38. The molecule has 1 saturated carbocycles. The molecule has 1 aliphatic heterocycles. The fourth-order valence-electron chi connectivity index (χ4n) is 6.06. The molecule has 0 unspecified atom stereocenters. The molecule has 0 radical (unpaired) electrons. The van der Waals surface area contributed by atoms with Crippen LogP contribution in [0, 0.1) is 5.92 Å². The zero-order valence-corrected chi connectivity index (χ0v) is 24.2. The summed E-state index contributed by atoms with van der Waals surface area (Å²) in [6.45, 7) is 5.26. The van der Waals surface area contributed by atoms with Gasteiger partial charge < -0.3 is 14.4 Å². The molecule has 0 bridgehead atoms. The van der Waals surface area contributed by atoms with Gasteiger partial charge in [-0.25, -0.2) is 0 Å². The fourth-order valence-corrected chi connectivity index (χ4v) is 6.06. The van der Waals surface area contributed by atoms with Crippen LogP contribution < -0.4 is 4.74 Å². The highest BCUT2D eigenvalue weighted by Crippen LogP contribution is 2.42. The van der Waals surface area contributed by atoms with Crippen molar-refractivity contribution in [3.8, 4) is 5.75 Å². The lowest BCUT2D eigenvalue weighted by atomic mass is 9.54. The number of likely N-dealkylation sites (tertiary alicyclic amines) is 1. The van der Waals surface area contributed by atoms with Crippen molar-refractivity contribution in [1.82, 2.24) is 4.90 Å². The number of aryl methyl sites for hydroxylation is 1. The summed E-state index contributed by atoms with van der Waals surface area (Å²) in [4.78, 5) is 18.6. The topological polar surface area (TPSA) is 51.1 Å². The van der Waals surface area contributed by atoms with Crippen molar-refractivity contribution in [2.75, 3.05) is 26.9 Å². The molecule has 2 aromatic carbocycles. The third kappa shape index (κ3) is 6.59. The van der Waals surface area contributed by atoms with Crippen LogP contribution in [0.25, 0.3) is 0 Å². The van der Waals surface area contributed by atoms with Gasteiger partial charge in [0.05, 0.1) is 18.6 Å². The van der Waals surface area contributed by atoms with Crippen molar-refractivity contribution in [2.45, 2.75) is 69.8 Å². The Morgan fingerprint density at radius 2 is 1.75 bits per heavy atom. The van der Waals surface area contributed by atoms with Gasteiger partial charge in [0.1, 0.15) is 21.4 Å². The summed E-state index contributed by atoms with van der Waals surface area (Å²) in [5, 5.41) is -0.247. The molecule has 5 nitrogen and oxygen atoms in total. The first-order valence-corrected chi connectivity index (χ1v) is 14.3. The second-order valence-electron chi connectivity index (χ2n) is 11.5. The van der Waals surface area contributed by atoms with Gasteiger partial charge in [-0.05, 0) is 77.9 Å². The van der Waals surface area contributed by atoms with Crippen LogP contribution in [0.4, 0.5) is 13.2 Å². The molecule has 1 heterocycles. The maximum atomic E-state index is 13.9. The van der Waals surface area contributed by atoms with E-state index in [2.05, 4.69) is 44.6 Å². The van der Waals surface area contributed by atoms with E-state index < -0.39 is 11.7 Å². The molecule has 1 aliphatic carbocycles. The molecule has 0 N–H and O–H groups in total. The van der Waals surface area contributed by atoms with Crippen molar-refractivity contribution in [3.05, 3.63) is 64.2 Å². The summed E-state index contributed by atoms with van der Waals surface area (Å²) >= 11 is 0. The predicted octanol–water partition coefficient (Wildman–Crippen LogP) is 4.64. The first kappa shape index (κ1) is 30.2. The van der Waals surface area contributed by atoms with Crippen LogP contribution in [0.2, 0.25) is 0 Å². The number of alkyl halides is 3. The number of rotatable bonds is 9. The van der Waals surface area contributed by atoms with Gasteiger partial charge >= 0.3 is 12.1 Å². The molecule has 1 saturated heterocycles. The van der Waals surface area contributed by atoms with Crippen molar-refractivity contribution >= 4 is 27.4 Å². The number of halogens is 3. The number of ether oxygens (including phenoxy) is 2. The van der Waals surface area contributed by atoms with Crippen molar-refractivity contribution < 1.29 is 27.4 Å². The molecule has 2 aromatic rings. The first-order chi connectivity index (χ1) is 19.0. The van der Waals surface area contributed by atoms with Gasteiger partial charge in [-0.15, -0.1) is 0 Å². The van der Waals surface area contributed by atoms with Crippen molar-refractivity contribution in [1.29, 1.82) is 0 Å². The molecule has 2 aliphatic rings. The number of methoxy groups -OCH3 is 1. The molecule has 10 heteroatoms. The molecule has 2 fully saturated rings. The molecular formula is C30H39B2F3N2O3. The normalized spacial score (nSPS) is 17.9. The standard InChI is InChI=1S/C30H39B2F3N2O3/c1-4-20-14-22(10-13-26(20)29(31,32)37-16-23(17-37)28(38)39-3)19(2)36-18-40-24-11-12-25(21-8-6-5-7-9-21)27(15-24)30(33,34)35/h10-15,21,23H,4-9,16-18,31-32H2,1-3H3/b36-19+. The lowest BCUT2D eigenvalue weighted by molar-refractivity contribution is -0.152. The van der Waals surface area contributed by atoms with Crippen LogP contribution in [-0.4, -0.2) is 59.2 Å². The summed E-state index contributed by atoms with van der Waals surface area (Å²) in [5.41, 5.74) is 3.87. The Bertz CT molecular complexity index is 1240. The van der Waals surface area contributed by atoms with Crippen LogP contribution in [-0.2, 0) is 27.5 Å². The van der Waals surface area contributed by atoms with Crippen molar-refractivity contribution in [2.24, 2.45) is 10.9 Å². The Morgan fingerprint density at radius 3 is 2.38 bits per heavy atom. The van der Waals surface area contributed by atoms with E-state index in [1.807, 2.05) is 13.0 Å². The Labute approximate surface area is 237 Å². The molecule has 0 spiro atoms. The number of carbonyl (C=O) groups is 1. The van der Waals surface area contributed by atoms with Gasteiger partial charge in [-0.1, -0.05) is 44.4 Å². The molecule has 0 aromatic heterocycles. The number of hydrogen-bond acceptors (Lipinski definition) is 5. The third-order valence-corrected chi connectivity index (χ3v) is 8.68. The van der Waals surface area contributed by atoms with Crippen LogP contribution in [0.3, 0.4) is 0 Å². The molecule has 4 rings (SSSR count). The lowest BCUT2D eigenvalue weighted by Crippen LogP contribution is -2.61. The second-order valence-corrected chi connectivity index (χ2v) is 11.5. The maximum Gasteiger partial charge on any atom is 0.416 e. The minimum absolute atomic E-state index is 0.0456. The number of hydrogen-bond donors (Lipinski definition) is 0. The summed E-state index contributed by atoms with van der Waals surface area (Å²) < 4.78 is 52.2. The fraction of sp³-hybridized carbons (Fsp3) is 0.533. The van der Waals surface area contributed by atoms with E-state index in [1.54, 1.807) is 12.1 Å². The second kappa shape index (κ2) is 12.4. The van der Waals surface area contributed by atoms with E-state index in [-0.39, 0.29) is 35.6 Å². The van der Waals surface area contributed by atoms with Gasteiger partial charge in [0.15, 0.2) is 6.73 Å². The minimum Gasteiger partial charge on any atom is -0.471 e. The lowest BCUT2D eigenvalue weighted by Gasteiger charge is -2.49. The molecule has 40 heavy (non-hydrogen) atoms. The third-order valence-electron chi connectivity index (χ3n) is 8.68. The smallest absolute Gasteiger partial charge is 0.416 e. The Hall–Kier alpha value is -2.74. The highest BCUT2D eigenvalue weighted by atomic mass is 19.4. The zero-order chi connectivity index (χ0) is 29.1. The van der Waals surface area contributed by atoms with Gasteiger partial charge in [0, 0.05) is 18.8 Å². The summed E-state index contributed by atoms with van der Waals surface area (Å²) in [6, 6.07) is 10.6. The Balaban J connectivity index is 1.45. The predicted molar refractivity (Wildman–Crippen MR) is 157 cm³/mol. The summed E-state index contributed by atoms with van der Waals surface area (Å²) in [6.07, 6.45) is 1.04. The van der Waals surface area contributed by atoms with E-state index in [4.69, 9.17) is 9.47 Å². The average Bonchev–Trinajstić information content (AvgIpc) is 2.91. The van der Waals surface area contributed by atoms with Crippen LogP contribution in [0.5, 0.6) is 5.75 Å². The molecule has 0 amide bonds. The first-order valence-electron chi connectivity index (χ1n) is 14.3. The highest BCUT2D eigenvalue weighted by Gasteiger charge is 2.42. The molecule has 0 atom stereocenters.